The number of hydrogen-bond donors (Lipinski definition) is 1. The lowest BCUT2D eigenvalue weighted by Gasteiger charge is -2.14. The van der Waals surface area contributed by atoms with Gasteiger partial charge in [0.2, 0.25) is 0 Å². The van der Waals surface area contributed by atoms with E-state index in [1.807, 2.05) is 17.8 Å². The molecular weight excluding hydrogens is 226 g/mol. The summed E-state index contributed by atoms with van der Waals surface area (Å²) in [6, 6.07) is 11.1. The third-order valence-corrected chi connectivity index (χ3v) is 4.60. The highest BCUT2D eigenvalue weighted by Gasteiger charge is 2.23. The summed E-state index contributed by atoms with van der Waals surface area (Å²) in [5.74, 6) is 0. The van der Waals surface area contributed by atoms with Crippen LogP contribution in [0.3, 0.4) is 0 Å². The number of nitrogens with one attached hydrogen (secondary N) is 1. The fourth-order valence-electron chi connectivity index (χ4n) is 2.38. The molecule has 1 saturated carbocycles. The standard InChI is InChI=1S/C15H21NS/c1-12(13-6-4-3-5-7-13)11-16-14-8-9-15(10-14)17-2/h3-7,14-16H,1,8-11H2,2H3. The molecule has 2 atom stereocenters. The smallest absolute Gasteiger partial charge is 0.0208 e. The molecule has 1 nitrogen and oxygen atoms in total. The van der Waals surface area contributed by atoms with Gasteiger partial charge in [-0.05, 0) is 36.7 Å². The molecular formula is C15H21NS. The van der Waals surface area contributed by atoms with Crippen LogP contribution in [0.15, 0.2) is 36.9 Å². The lowest BCUT2D eigenvalue weighted by Crippen LogP contribution is -2.28. The fourth-order valence-corrected chi connectivity index (χ4v) is 3.18. The van der Waals surface area contributed by atoms with Crippen molar-refractivity contribution in [1.82, 2.24) is 5.32 Å². The van der Waals surface area contributed by atoms with Gasteiger partial charge in [0.05, 0.1) is 0 Å². The van der Waals surface area contributed by atoms with Crippen LogP contribution < -0.4 is 5.32 Å². The number of benzene rings is 1. The molecule has 1 aliphatic rings. The van der Waals surface area contributed by atoms with Gasteiger partial charge in [-0.2, -0.15) is 11.8 Å². The molecule has 1 aliphatic carbocycles. The third-order valence-electron chi connectivity index (χ3n) is 3.50. The normalized spacial score (nSPS) is 23.8. The summed E-state index contributed by atoms with van der Waals surface area (Å²) < 4.78 is 0. The van der Waals surface area contributed by atoms with Crippen LogP contribution in [0.25, 0.3) is 5.57 Å². The molecule has 0 saturated heterocycles. The molecule has 1 fully saturated rings. The van der Waals surface area contributed by atoms with Crippen LogP contribution in [0.1, 0.15) is 24.8 Å². The lowest BCUT2D eigenvalue weighted by molar-refractivity contribution is 0.561. The molecule has 0 spiro atoms. The van der Waals surface area contributed by atoms with E-state index < -0.39 is 0 Å². The average molecular weight is 247 g/mol. The zero-order valence-corrected chi connectivity index (χ0v) is 11.3. The van der Waals surface area contributed by atoms with E-state index >= 15 is 0 Å². The Morgan fingerprint density at radius 1 is 1.35 bits per heavy atom. The monoisotopic (exact) mass is 247 g/mol. The van der Waals surface area contributed by atoms with Crippen molar-refractivity contribution in [1.29, 1.82) is 0 Å². The predicted molar refractivity (Wildman–Crippen MR) is 78.4 cm³/mol. The van der Waals surface area contributed by atoms with Crippen molar-refractivity contribution >= 4 is 17.3 Å². The molecule has 1 aromatic carbocycles. The Kier molecular flexibility index (Phi) is 4.69. The van der Waals surface area contributed by atoms with Gasteiger partial charge < -0.3 is 5.32 Å². The van der Waals surface area contributed by atoms with Gasteiger partial charge in [-0.1, -0.05) is 36.9 Å². The topological polar surface area (TPSA) is 12.0 Å². The first-order valence-electron chi connectivity index (χ1n) is 6.29. The van der Waals surface area contributed by atoms with Crippen LogP contribution in [0, 0.1) is 0 Å². The molecule has 0 aromatic heterocycles. The summed E-state index contributed by atoms with van der Waals surface area (Å²) >= 11 is 2.00. The van der Waals surface area contributed by atoms with E-state index in [1.54, 1.807) is 0 Å². The number of rotatable bonds is 5. The molecule has 2 unspecified atom stereocenters. The Hall–Kier alpha value is -0.730. The van der Waals surface area contributed by atoms with E-state index in [1.165, 1.54) is 30.4 Å². The maximum atomic E-state index is 4.16. The van der Waals surface area contributed by atoms with Crippen LogP contribution in [-0.2, 0) is 0 Å². The molecule has 0 aliphatic heterocycles. The SMILES string of the molecule is C=C(CNC1CCC(SC)C1)c1ccccc1. The van der Waals surface area contributed by atoms with Gasteiger partial charge in [-0.3, -0.25) is 0 Å². The summed E-state index contributed by atoms with van der Waals surface area (Å²) in [5.41, 5.74) is 2.44. The summed E-state index contributed by atoms with van der Waals surface area (Å²) in [7, 11) is 0. The Balaban J connectivity index is 1.78. The Bertz CT molecular complexity index is 360. The molecule has 0 radical (unpaired) electrons. The van der Waals surface area contributed by atoms with Gasteiger partial charge in [0.1, 0.15) is 0 Å². The molecule has 2 heteroatoms. The van der Waals surface area contributed by atoms with Gasteiger partial charge in [-0.25, -0.2) is 0 Å². The van der Waals surface area contributed by atoms with Crippen LogP contribution in [0.5, 0.6) is 0 Å². The highest BCUT2D eigenvalue weighted by atomic mass is 32.2. The summed E-state index contributed by atoms with van der Waals surface area (Å²) in [6.07, 6.45) is 6.20. The number of thioether (sulfide) groups is 1. The highest BCUT2D eigenvalue weighted by molar-refractivity contribution is 7.99. The van der Waals surface area contributed by atoms with Gasteiger partial charge in [-0.15, -0.1) is 0 Å². The van der Waals surface area contributed by atoms with Crippen LogP contribution >= 0.6 is 11.8 Å². The minimum Gasteiger partial charge on any atom is -0.310 e. The third kappa shape index (κ3) is 3.62. The van der Waals surface area contributed by atoms with E-state index in [0.29, 0.717) is 6.04 Å². The minimum absolute atomic E-state index is 0.688. The van der Waals surface area contributed by atoms with Crippen molar-refractivity contribution in [2.75, 3.05) is 12.8 Å². The van der Waals surface area contributed by atoms with E-state index in [4.69, 9.17) is 0 Å². The Labute approximate surface area is 109 Å². The Morgan fingerprint density at radius 2 is 2.12 bits per heavy atom. The van der Waals surface area contributed by atoms with Crippen LogP contribution in [0.4, 0.5) is 0 Å². The van der Waals surface area contributed by atoms with Crippen molar-refractivity contribution < 1.29 is 0 Å². The van der Waals surface area contributed by atoms with E-state index in [0.717, 1.165) is 11.8 Å². The molecule has 0 amide bonds. The first kappa shape index (κ1) is 12.7. The van der Waals surface area contributed by atoms with E-state index in [2.05, 4.69) is 42.4 Å². The largest absolute Gasteiger partial charge is 0.310 e. The first-order chi connectivity index (χ1) is 8.29. The van der Waals surface area contributed by atoms with Gasteiger partial charge in [0, 0.05) is 17.8 Å². The van der Waals surface area contributed by atoms with Crippen molar-refractivity contribution in [3.63, 3.8) is 0 Å². The zero-order chi connectivity index (χ0) is 12.1. The van der Waals surface area contributed by atoms with Gasteiger partial charge in [0.25, 0.3) is 0 Å². The molecule has 17 heavy (non-hydrogen) atoms. The molecule has 92 valence electrons. The molecule has 0 heterocycles. The maximum Gasteiger partial charge on any atom is 0.0208 e. The van der Waals surface area contributed by atoms with Gasteiger partial charge in [0.15, 0.2) is 0 Å². The van der Waals surface area contributed by atoms with E-state index in [9.17, 15) is 0 Å². The van der Waals surface area contributed by atoms with E-state index in [-0.39, 0.29) is 0 Å². The maximum absolute atomic E-state index is 4.16. The van der Waals surface area contributed by atoms with Crippen LogP contribution in [-0.4, -0.2) is 24.1 Å². The molecule has 0 bridgehead atoms. The highest BCUT2D eigenvalue weighted by Crippen LogP contribution is 2.28. The number of hydrogen-bond acceptors (Lipinski definition) is 2. The second kappa shape index (κ2) is 6.27. The van der Waals surface area contributed by atoms with Crippen molar-refractivity contribution in [2.24, 2.45) is 0 Å². The molecule has 2 rings (SSSR count). The second-order valence-corrected chi connectivity index (χ2v) is 5.86. The second-order valence-electron chi connectivity index (χ2n) is 4.72. The summed E-state index contributed by atoms with van der Waals surface area (Å²) in [4.78, 5) is 0. The zero-order valence-electron chi connectivity index (χ0n) is 10.5. The Morgan fingerprint density at radius 3 is 2.76 bits per heavy atom. The quantitative estimate of drug-likeness (QED) is 0.853. The van der Waals surface area contributed by atoms with Crippen molar-refractivity contribution in [3.05, 3.63) is 42.5 Å². The molecule has 1 aromatic rings. The summed E-state index contributed by atoms with van der Waals surface area (Å²) in [6.45, 7) is 5.07. The van der Waals surface area contributed by atoms with Crippen molar-refractivity contribution in [2.45, 2.75) is 30.6 Å². The molecule has 1 N–H and O–H groups in total. The van der Waals surface area contributed by atoms with Crippen molar-refractivity contribution in [3.8, 4) is 0 Å². The first-order valence-corrected chi connectivity index (χ1v) is 7.57. The lowest BCUT2D eigenvalue weighted by atomic mass is 10.1. The fraction of sp³-hybridized carbons (Fsp3) is 0.467. The minimum atomic E-state index is 0.688. The van der Waals surface area contributed by atoms with Gasteiger partial charge >= 0.3 is 0 Å². The average Bonchev–Trinajstić information content (AvgIpc) is 2.85. The van der Waals surface area contributed by atoms with Crippen LogP contribution in [0.2, 0.25) is 0 Å². The predicted octanol–water partition coefficient (Wildman–Crippen LogP) is 3.57. The summed E-state index contributed by atoms with van der Waals surface area (Å²) in [5, 5.41) is 4.49.